The highest BCUT2D eigenvalue weighted by Gasteiger charge is 2.20. The Morgan fingerprint density at radius 2 is 1.81 bits per heavy atom. The Morgan fingerprint density at radius 1 is 1.19 bits per heavy atom. The Hall–Kier alpha value is -2.89. The minimum atomic E-state index is -0.376. The molecule has 1 heterocycles. The van der Waals surface area contributed by atoms with Crippen LogP contribution in [0.15, 0.2) is 30.3 Å². The molecule has 1 amide bonds. The molecule has 0 atom stereocenters. The van der Waals surface area contributed by atoms with Gasteiger partial charge in [0.1, 0.15) is 22.9 Å². The lowest BCUT2D eigenvalue weighted by Gasteiger charge is -2.12. The molecule has 0 radical (unpaired) electrons. The fraction of sp³-hybridized carbons (Fsp3) is 0.0667. The van der Waals surface area contributed by atoms with Gasteiger partial charge in [-0.15, -0.1) is 0 Å². The summed E-state index contributed by atoms with van der Waals surface area (Å²) in [4.78, 5) is 15.2. The van der Waals surface area contributed by atoms with Gasteiger partial charge in [0.15, 0.2) is 5.82 Å². The number of nitrogens with one attached hydrogen (secondary N) is 1. The molecule has 1 N–H and O–H groups in total. The van der Waals surface area contributed by atoms with Gasteiger partial charge < -0.3 is 5.32 Å². The SMILES string of the molecule is CC(=O)Nc1nc(Cl)c(C#N)c(-c2ccccc2)c1C#N. The molecular weight excluding hydrogens is 288 g/mol. The number of anilines is 1. The molecule has 1 aromatic carbocycles. The summed E-state index contributed by atoms with van der Waals surface area (Å²) in [6, 6.07) is 12.8. The highest BCUT2D eigenvalue weighted by atomic mass is 35.5. The predicted molar refractivity (Wildman–Crippen MR) is 78.4 cm³/mol. The molecule has 0 saturated carbocycles. The maximum absolute atomic E-state index is 11.2. The van der Waals surface area contributed by atoms with Crippen LogP contribution in [0.1, 0.15) is 18.1 Å². The van der Waals surface area contributed by atoms with E-state index in [2.05, 4.69) is 10.3 Å². The third kappa shape index (κ3) is 2.84. The van der Waals surface area contributed by atoms with Gasteiger partial charge >= 0.3 is 0 Å². The van der Waals surface area contributed by atoms with Gasteiger partial charge in [-0.1, -0.05) is 41.9 Å². The van der Waals surface area contributed by atoms with E-state index < -0.39 is 0 Å². The van der Waals surface area contributed by atoms with Crippen molar-refractivity contribution >= 4 is 23.3 Å². The maximum Gasteiger partial charge on any atom is 0.222 e. The maximum atomic E-state index is 11.2. The standard InChI is InChI=1S/C15H9ClN4O/c1-9(21)19-15-12(8-18)13(10-5-3-2-4-6-10)11(7-17)14(16)20-15/h2-6H,1H3,(H,19,20,21). The van der Waals surface area contributed by atoms with Crippen molar-refractivity contribution in [3.8, 4) is 23.3 Å². The Balaban J connectivity index is 2.83. The first-order chi connectivity index (χ1) is 10.1. The molecule has 0 aliphatic carbocycles. The molecule has 21 heavy (non-hydrogen) atoms. The zero-order valence-corrected chi connectivity index (χ0v) is 11.8. The van der Waals surface area contributed by atoms with Gasteiger partial charge in [-0.3, -0.25) is 4.79 Å². The van der Waals surface area contributed by atoms with Crippen molar-refractivity contribution in [2.45, 2.75) is 6.92 Å². The summed E-state index contributed by atoms with van der Waals surface area (Å²) in [7, 11) is 0. The van der Waals surface area contributed by atoms with E-state index in [9.17, 15) is 15.3 Å². The van der Waals surface area contributed by atoms with Crippen LogP contribution in [-0.4, -0.2) is 10.9 Å². The van der Waals surface area contributed by atoms with Crippen molar-refractivity contribution in [2.75, 3.05) is 5.32 Å². The molecule has 2 rings (SSSR count). The van der Waals surface area contributed by atoms with Crippen LogP contribution in [-0.2, 0) is 4.79 Å². The van der Waals surface area contributed by atoms with Crippen molar-refractivity contribution in [2.24, 2.45) is 0 Å². The van der Waals surface area contributed by atoms with Gasteiger partial charge in [0.25, 0.3) is 0 Å². The second kappa shape index (κ2) is 6.04. The van der Waals surface area contributed by atoms with E-state index >= 15 is 0 Å². The molecule has 0 fully saturated rings. The number of benzene rings is 1. The Kier molecular flexibility index (Phi) is 4.18. The molecular formula is C15H9ClN4O. The second-order valence-electron chi connectivity index (χ2n) is 4.15. The first kappa shape index (κ1) is 14.5. The number of carbonyl (C=O) groups excluding carboxylic acids is 1. The predicted octanol–water partition coefficient (Wildman–Crippen LogP) is 3.10. The summed E-state index contributed by atoms with van der Waals surface area (Å²) < 4.78 is 0. The fourth-order valence-electron chi connectivity index (χ4n) is 1.92. The normalized spacial score (nSPS) is 9.52. The molecule has 0 aliphatic rings. The number of pyridine rings is 1. The van der Waals surface area contributed by atoms with E-state index in [1.165, 1.54) is 6.92 Å². The van der Waals surface area contributed by atoms with E-state index in [4.69, 9.17) is 11.6 Å². The second-order valence-corrected chi connectivity index (χ2v) is 4.51. The molecule has 6 heteroatoms. The van der Waals surface area contributed by atoms with Gasteiger partial charge in [0, 0.05) is 12.5 Å². The Bertz CT molecular complexity index is 788. The van der Waals surface area contributed by atoms with Crippen molar-refractivity contribution in [3.05, 3.63) is 46.6 Å². The van der Waals surface area contributed by atoms with Crippen LogP contribution in [0.3, 0.4) is 0 Å². The van der Waals surface area contributed by atoms with Crippen LogP contribution in [0, 0.1) is 22.7 Å². The average molecular weight is 297 g/mol. The number of halogens is 1. The van der Waals surface area contributed by atoms with E-state index in [1.807, 2.05) is 18.2 Å². The van der Waals surface area contributed by atoms with Crippen LogP contribution in [0.4, 0.5) is 5.82 Å². The quantitative estimate of drug-likeness (QED) is 0.862. The van der Waals surface area contributed by atoms with Crippen molar-refractivity contribution < 1.29 is 4.79 Å². The summed E-state index contributed by atoms with van der Waals surface area (Å²) in [5.74, 6) is -0.327. The summed E-state index contributed by atoms with van der Waals surface area (Å²) in [5.41, 5.74) is 1.23. The van der Waals surface area contributed by atoms with Crippen LogP contribution < -0.4 is 5.32 Å². The van der Waals surface area contributed by atoms with Gasteiger partial charge in [0.2, 0.25) is 5.91 Å². The topological polar surface area (TPSA) is 89.6 Å². The van der Waals surface area contributed by atoms with E-state index in [0.29, 0.717) is 11.1 Å². The fourth-order valence-corrected chi connectivity index (χ4v) is 2.14. The number of amides is 1. The van der Waals surface area contributed by atoms with Gasteiger partial charge in [-0.25, -0.2) is 4.98 Å². The lowest BCUT2D eigenvalue weighted by molar-refractivity contribution is -0.114. The number of nitriles is 2. The number of rotatable bonds is 2. The lowest BCUT2D eigenvalue weighted by atomic mass is 9.97. The number of hydrogen-bond donors (Lipinski definition) is 1. The monoisotopic (exact) mass is 296 g/mol. The zero-order chi connectivity index (χ0) is 15.4. The molecule has 1 aromatic heterocycles. The van der Waals surface area contributed by atoms with E-state index in [0.717, 1.165) is 0 Å². The van der Waals surface area contributed by atoms with E-state index in [-0.39, 0.29) is 28.0 Å². The molecule has 102 valence electrons. The van der Waals surface area contributed by atoms with Gasteiger partial charge in [0.05, 0.1) is 5.56 Å². The minimum Gasteiger partial charge on any atom is -0.310 e. The number of nitrogens with zero attached hydrogens (tertiary/aromatic N) is 3. The summed E-state index contributed by atoms with van der Waals surface area (Å²) in [6.45, 7) is 1.30. The molecule has 0 aliphatic heterocycles. The van der Waals surface area contributed by atoms with E-state index in [1.54, 1.807) is 24.3 Å². The average Bonchev–Trinajstić information content (AvgIpc) is 2.47. The highest BCUT2D eigenvalue weighted by molar-refractivity contribution is 6.31. The smallest absolute Gasteiger partial charge is 0.222 e. The number of aromatic nitrogens is 1. The van der Waals surface area contributed by atoms with Crippen molar-refractivity contribution in [3.63, 3.8) is 0 Å². The van der Waals surface area contributed by atoms with Crippen LogP contribution in [0.2, 0.25) is 5.15 Å². The van der Waals surface area contributed by atoms with Crippen LogP contribution in [0.5, 0.6) is 0 Å². The largest absolute Gasteiger partial charge is 0.310 e. The third-order valence-electron chi connectivity index (χ3n) is 2.73. The highest BCUT2D eigenvalue weighted by Crippen LogP contribution is 2.34. The molecule has 0 saturated heterocycles. The first-order valence-electron chi connectivity index (χ1n) is 5.95. The lowest BCUT2D eigenvalue weighted by Crippen LogP contribution is -2.11. The van der Waals surface area contributed by atoms with Crippen LogP contribution in [0.25, 0.3) is 11.1 Å². The summed E-state index contributed by atoms with van der Waals surface area (Å²) in [5, 5.41) is 21.1. The zero-order valence-electron chi connectivity index (χ0n) is 11.0. The summed E-state index contributed by atoms with van der Waals surface area (Å²) in [6.07, 6.45) is 0. The molecule has 0 spiro atoms. The summed E-state index contributed by atoms with van der Waals surface area (Å²) >= 11 is 6.00. The first-order valence-corrected chi connectivity index (χ1v) is 6.33. The van der Waals surface area contributed by atoms with Gasteiger partial charge in [-0.2, -0.15) is 10.5 Å². The molecule has 0 bridgehead atoms. The number of carbonyl (C=O) groups is 1. The minimum absolute atomic E-state index is 0.0489. The Morgan fingerprint density at radius 3 is 2.33 bits per heavy atom. The molecule has 2 aromatic rings. The van der Waals surface area contributed by atoms with Crippen LogP contribution >= 0.6 is 11.6 Å². The van der Waals surface area contributed by atoms with Gasteiger partial charge in [-0.05, 0) is 5.56 Å². The van der Waals surface area contributed by atoms with Crippen molar-refractivity contribution in [1.82, 2.24) is 4.98 Å². The third-order valence-corrected chi connectivity index (χ3v) is 3.01. The van der Waals surface area contributed by atoms with Crippen molar-refractivity contribution in [1.29, 1.82) is 10.5 Å². The number of hydrogen-bond acceptors (Lipinski definition) is 4. The Labute approximate surface area is 126 Å². The molecule has 5 nitrogen and oxygen atoms in total. The molecule has 0 unspecified atom stereocenters.